The van der Waals surface area contributed by atoms with Crippen LogP contribution in [-0.4, -0.2) is 34.5 Å². The standard InChI is InChI=1S/C24H31NO5/c1-17(2)30-22(24(27)28)15-18-11-12-25(23(26)16-18)13-14-29-21-9-7-20(8-10-21)19-5-3-4-6-19/h7-12,16-17,19,22H,3-6,13-15H2,1-2H3,(H,27,28). The van der Waals surface area contributed by atoms with Crippen molar-refractivity contribution in [2.75, 3.05) is 6.61 Å². The third-order valence-corrected chi connectivity index (χ3v) is 5.50. The van der Waals surface area contributed by atoms with Crippen LogP contribution in [0.5, 0.6) is 5.75 Å². The summed E-state index contributed by atoms with van der Waals surface area (Å²) in [6.45, 7) is 4.39. The molecule has 0 aliphatic heterocycles. The molecule has 0 radical (unpaired) electrons. The molecule has 3 rings (SSSR count). The van der Waals surface area contributed by atoms with Crippen molar-refractivity contribution in [3.63, 3.8) is 0 Å². The van der Waals surface area contributed by atoms with Crippen molar-refractivity contribution in [2.45, 2.75) is 70.6 Å². The molecule has 1 aliphatic rings. The van der Waals surface area contributed by atoms with E-state index >= 15 is 0 Å². The van der Waals surface area contributed by atoms with Crippen LogP contribution in [0.4, 0.5) is 0 Å². The summed E-state index contributed by atoms with van der Waals surface area (Å²) in [4.78, 5) is 23.7. The summed E-state index contributed by atoms with van der Waals surface area (Å²) in [5.41, 5.74) is 1.85. The van der Waals surface area contributed by atoms with Crippen molar-refractivity contribution in [2.24, 2.45) is 0 Å². The Morgan fingerprint density at radius 3 is 2.47 bits per heavy atom. The lowest BCUT2D eigenvalue weighted by molar-refractivity contribution is -0.153. The molecule has 1 N–H and O–H groups in total. The first-order chi connectivity index (χ1) is 14.4. The van der Waals surface area contributed by atoms with Gasteiger partial charge in [-0.05, 0) is 61.9 Å². The van der Waals surface area contributed by atoms with Crippen molar-refractivity contribution in [1.82, 2.24) is 4.57 Å². The number of benzene rings is 1. The van der Waals surface area contributed by atoms with Crippen LogP contribution >= 0.6 is 0 Å². The van der Waals surface area contributed by atoms with Crippen molar-refractivity contribution >= 4 is 5.97 Å². The minimum absolute atomic E-state index is 0.160. The highest BCUT2D eigenvalue weighted by atomic mass is 16.5. The number of aromatic nitrogens is 1. The first-order valence-electron chi connectivity index (χ1n) is 10.7. The number of nitrogens with zero attached hydrogens (tertiary/aromatic N) is 1. The van der Waals surface area contributed by atoms with E-state index in [4.69, 9.17) is 9.47 Å². The van der Waals surface area contributed by atoms with E-state index in [1.165, 1.54) is 37.3 Å². The minimum atomic E-state index is -1.03. The lowest BCUT2D eigenvalue weighted by Crippen LogP contribution is -2.30. The Balaban J connectivity index is 1.52. The predicted octanol–water partition coefficient (Wildman–Crippen LogP) is 4.01. The summed E-state index contributed by atoms with van der Waals surface area (Å²) in [5.74, 6) is 0.458. The number of rotatable bonds is 10. The van der Waals surface area contributed by atoms with Crippen molar-refractivity contribution in [1.29, 1.82) is 0 Å². The maximum absolute atomic E-state index is 12.4. The van der Waals surface area contributed by atoms with Gasteiger partial charge >= 0.3 is 5.97 Å². The SMILES string of the molecule is CC(C)OC(Cc1ccn(CCOc2ccc(C3CCCC3)cc2)c(=O)c1)C(=O)O. The summed E-state index contributed by atoms with van der Waals surface area (Å²) in [7, 11) is 0. The Morgan fingerprint density at radius 2 is 1.87 bits per heavy atom. The summed E-state index contributed by atoms with van der Waals surface area (Å²) in [6, 6.07) is 11.5. The Bertz CT molecular complexity index is 881. The predicted molar refractivity (Wildman–Crippen MR) is 115 cm³/mol. The second-order valence-electron chi connectivity index (χ2n) is 8.18. The van der Waals surface area contributed by atoms with Gasteiger partial charge < -0.3 is 19.1 Å². The average molecular weight is 414 g/mol. The Hall–Kier alpha value is -2.60. The van der Waals surface area contributed by atoms with Crippen LogP contribution in [-0.2, 0) is 22.5 Å². The zero-order valence-corrected chi connectivity index (χ0v) is 17.8. The molecule has 162 valence electrons. The lowest BCUT2D eigenvalue weighted by atomic mass is 9.98. The molecule has 0 bridgehead atoms. The van der Waals surface area contributed by atoms with Crippen molar-refractivity contribution < 1.29 is 19.4 Å². The molecule has 1 saturated carbocycles. The van der Waals surface area contributed by atoms with Crippen LogP contribution in [0.3, 0.4) is 0 Å². The molecular formula is C24H31NO5. The highest BCUT2D eigenvalue weighted by molar-refractivity contribution is 5.72. The van der Waals surface area contributed by atoms with Gasteiger partial charge in [0.2, 0.25) is 0 Å². The molecular weight excluding hydrogens is 382 g/mol. The van der Waals surface area contributed by atoms with Crippen LogP contribution < -0.4 is 10.3 Å². The highest BCUT2D eigenvalue weighted by Crippen LogP contribution is 2.34. The molecule has 1 aliphatic carbocycles. The minimum Gasteiger partial charge on any atom is -0.492 e. The molecule has 1 atom stereocenters. The van der Waals surface area contributed by atoms with Crippen LogP contribution in [0.1, 0.15) is 56.6 Å². The molecule has 0 amide bonds. The van der Waals surface area contributed by atoms with Gasteiger partial charge in [-0.1, -0.05) is 25.0 Å². The zero-order valence-electron chi connectivity index (χ0n) is 17.8. The van der Waals surface area contributed by atoms with E-state index in [-0.39, 0.29) is 18.1 Å². The van der Waals surface area contributed by atoms with Gasteiger partial charge in [0.05, 0.1) is 12.6 Å². The number of ether oxygens (including phenoxy) is 2. The Kier molecular flexibility index (Phi) is 7.69. The number of aliphatic carboxylic acids is 1. The first kappa shape index (κ1) is 22.1. The molecule has 30 heavy (non-hydrogen) atoms. The molecule has 2 aromatic rings. The lowest BCUT2D eigenvalue weighted by Gasteiger charge is -2.16. The van der Waals surface area contributed by atoms with Gasteiger partial charge in [-0.3, -0.25) is 4.79 Å². The van der Waals surface area contributed by atoms with Crippen molar-refractivity contribution in [3.05, 3.63) is 64.1 Å². The first-order valence-corrected chi connectivity index (χ1v) is 10.7. The second kappa shape index (κ2) is 10.4. The normalized spacial score (nSPS) is 15.4. The molecule has 1 aromatic carbocycles. The maximum atomic E-state index is 12.4. The van der Waals surface area contributed by atoms with E-state index in [1.54, 1.807) is 30.7 Å². The Morgan fingerprint density at radius 1 is 1.17 bits per heavy atom. The number of hydrogen-bond acceptors (Lipinski definition) is 4. The summed E-state index contributed by atoms with van der Waals surface area (Å²) in [6.07, 6.45) is 5.86. The molecule has 1 unspecified atom stereocenters. The number of pyridine rings is 1. The van der Waals surface area contributed by atoms with Crippen LogP contribution in [0.2, 0.25) is 0 Å². The van der Waals surface area contributed by atoms with E-state index < -0.39 is 12.1 Å². The quantitative estimate of drug-likeness (QED) is 0.637. The van der Waals surface area contributed by atoms with Crippen LogP contribution in [0.15, 0.2) is 47.4 Å². The van der Waals surface area contributed by atoms with Crippen LogP contribution in [0, 0.1) is 0 Å². The Labute approximate surface area is 177 Å². The van der Waals surface area contributed by atoms with Gasteiger partial charge in [0.15, 0.2) is 6.10 Å². The van der Waals surface area contributed by atoms with Gasteiger partial charge in [-0.2, -0.15) is 0 Å². The van der Waals surface area contributed by atoms with Gasteiger partial charge in [-0.15, -0.1) is 0 Å². The number of carboxylic acid groups (broad SMARTS) is 1. The number of carboxylic acids is 1. The topological polar surface area (TPSA) is 77.8 Å². The van der Waals surface area contributed by atoms with E-state index in [0.717, 1.165) is 5.75 Å². The molecule has 6 heteroatoms. The summed E-state index contributed by atoms with van der Waals surface area (Å²) in [5, 5.41) is 9.29. The maximum Gasteiger partial charge on any atom is 0.333 e. The number of carbonyl (C=O) groups is 1. The zero-order chi connectivity index (χ0) is 21.5. The summed E-state index contributed by atoms with van der Waals surface area (Å²) < 4.78 is 12.8. The number of hydrogen-bond donors (Lipinski definition) is 1. The van der Waals surface area contributed by atoms with E-state index in [0.29, 0.717) is 24.6 Å². The molecule has 1 heterocycles. The fraction of sp³-hybridized carbons (Fsp3) is 0.500. The molecule has 0 saturated heterocycles. The molecule has 0 spiro atoms. The smallest absolute Gasteiger partial charge is 0.333 e. The fourth-order valence-electron chi connectivity index (χ4n) is 3.95. The molecule has 1 aromatic heterocycles. The van der Waals surface area contributed by atoms with Gasteiger partial charge in [-0.25, -0.2) is 4.79 Å². The fourth-order valence-corrected chi connectivity index (χ4v) is 3.95. The average Bonchev–Trinajstić information content (AvgIpc) is 3.24. The molecule has 1 fully saturated rings. The van der Waals surface area contributed by atoms with Gasteiger partial charge in [0.1, 0.15) is 12.4 Å². The summed E-state index contributed by atoms with van der Waals surface area (Å²) >= 11 is 0. The van der Waals surface area contributed by atoms with Crippen molar-refractivity contribution in [3.8, 4) is 5.75 Å². The highest BCUT2D eigenvalue weighted by Gasteiger charge is 2.20. The van der Waals surface area contributed by atoms with Gasteiger partial charge in [0.25, 0.3) is 5.56 Å². The van der Waals surface area contributed by atoms with Gasteiger partial charge in [0, 0.05) is 18.7 Å². The second-order valence-corrected chi connectivity index (χ2v) is 8.18. The molecule has 6 nitrogen and oxygen atoms in total. The third-order valence-electron chi connectivity index (χ3n) is 5.50. The van der Waals surface area contributed by atoms with E-state index in [9.17, 15) is 14.7 Å². The largest absolute Gasteiger partial charge is 0.492 e. The van der Waals surface area contributed by atoms with E-state index in [1.807, 2.05) is 12.1 Å². The van der Waals surface area contributed by atoms with Crippen LogP contribution in [0.25, 0.3) is 0 Å². The van der Waals surface area contributed by atoms with E-state index in [2.05, 4.69) is 12.1 Å². The monoisotopic (exact) mass is 413 g/mol. The third kappa shape index (κ3) is 6.20.